The third-order valence-electron chi connectivity index (χ3n) is 7.78. The lowest BCUT2D eigenvalue weighted by Crippen LogP contribution is -2.49. The Morgan fingerprint density at radius 2 is 1.40 bits per heavy atom. The summed E-state index contributed by atoms with van der Waals surface area (Å²) in [6, 6.07) is 22.2. The molecule has 1 amide bonds. The van der Waals surface area contributed by atoms with Gasteiger partial charge in [0.1, 0.15) is 11.1 Å². The van der Waals surface area contributed by atoms with Crippen LogP contribution in [-0.4, -0.2) is 16.7 Å². The van der Waals surface area contributed by atoms with E-state index in [-0.39, 0.29) is 11.7 Å². The molecule has 7 rings (SSSR count). The molecule has 1 aliphatic heterocycles. The van der Waals surface area contributed by atoms with E-state index in [1.807, 2.05) is 59.5 Å². The number of amides is 1. The average Bonchev–Trinajstić information content (AvgIpc) is 3.51. The van der Waals surface area contributed by atoms with Crippen molar-refractivity contribution in [2.24, 2.45) is 5.41 Å². The molecule has 1 aromatic heterocycles. The van der Waals surface area contributed by atoms with Gasteiger partial charge in [-0.3, -0.25) is 14.5 Å². The van der Waals surface area contributed by atoms with E-state index in [0.717, 1.165) is 59.9 Å². The number of carbonyl (C=O) groups excluding carboxylic acids is 2. The predicted molar refractivity (Wildman–Crippen MR) is 148 cm³/mol. The Labute approximate surface area is 218 Å². The minimum atomic E-state index is -1.00. The minimum Gasteiger partial charge on any atom is -0.350 e. The fourth-order valence-corrected chi connectivity index (χ4v) is 7.19. The van der Waals surface area contributed by atoms with Gasteiger partial charge in [0.15, 0.2) is 5.78 Å². The number of halogens is 2. The van der Waals surface area contributed by atoms with E-state index < -0.39 is 5.41 Å². The fraction of sp³-hybridized carbons (Fsp3) is 0.172. The summed E-state index contributed by atoms with van der Waals surface area (Å²) in [5.74, 6) is -0.172. The average molecular weight is 588 g/mol. The maximum absolute atomic E-state index is 14.4. The summed E-state index contributed by atoms with van der Waals surface area (Å²) in [5.41, 5.74) is 1.88. The first-order valence-corrected chi connectivity index (χ1v) is 13.4. The van der Waals surface area contributed by atoms with Crippen molar-refractivity contribution < 1.29 is 9.59 Å². The Morgan fingerprint density at radius 3 is 2.20 bits per heavy atom. The van der Waals surface area contributed by atoms with Gasteiger partial charge in [-0.2, -0.15) is 0 Å². The molecule has 172 valence electrons. The molecule has 1 saturated carbocycles. The first-order valence-electron chi connectivity index (χ1n) is 11.8. The second-order valence-corrected chi connectivity index (χ2v) is 11.3. The van der Waals surface area contributed by atoms with Crippen molar-refractivity contribution in [3.05, 3.63) is 81.4 Å². The van der Waals surface area contributed by atoms with Crippen molar-refractivity contribution in [1.82, 2.24) is 4.98 Å². The number of Topliss-reactive ketones (excluding diaryl/α,β-unsaturated/α-hetero) is 1. The van der Waals surface area contributed by atoms with Gasteiger partial charge >= 0.3 is 0 Å². The zero-order chi connectivity index (χ0) is 23.9. The number of anilines is 2. The summed E-state index contributed by atoms with van der Waals surface area (Å²) < 4.78 is 1.91. The highest BCUT2D eigenvalue weighted by molar-refractivity contribution is 9.11. The fourth-order valence-electron chi connectivity index (χ4n) is 6.12. The smallest absolute Gasteiger partial charge is 0.245 e. The molecule has 2 heterocycles. The van der Waals surface area contributed by atoms with Gasteiger partial charge in [-0.05, 0) is 41.8 Å². The van der Waals surface area contributed by atoms with Gasteiger partial charge in [0.05, 0.1) is 16.9 Å². The van der Waals surface area contributed by atoms with Crippen LogP contribution >= 0.6 is 31.9 Å². The number of hydrogen-bond acceptors (Lipinski definition) is 2. The standard InChI is InChI=1S/C29H20Br2N2O2/c30-21-11-5-10-18-16(21)9-6-12-23(18)33-26-20-15-22(31)17-7-1-2-8-19(17)24(20)32-25(26)27(34)29(28(33)35)13-3-4-14-29/h1-2,5-12,15,32H,3-4,13-14H2. The highest BCUT2D eigenvalue weighted by Gasteiger charge is 2.55. The summed E-state index contributed by atoms with van der Waals surface area (Å²) in [7, 11) is 0. The Bertz CT molecular complexity index is 1730. The first-order chi connectivity index (χ1) is 17.0. The Kier molecular flexibility index (Phi) is 4.58. The van der Waals surface area contributed by atoms with Gasteiger partial charge in [0, 0.05) is 25.1 Å². The lowest BCUT2D eigenvalue weighted by atomic mass is 9.75. The predicted octanol–water partition coefficient (Wildman–Crippen LogP) is 8.42. The van der Waals surface area contributed by atoms with Crippen LogP contribution in [0.1, 0.15) is 36.2 Å². The van der Waals surface area contributed by atoms with Crippen molar-refractivity contribution in [2.75, 3.05) is 4.90 Å². The van der Waals surface area contributed by atoms with E-state index in [4.69, 9.17) is 0 Å². The van der Waals surface area contributed by atoms with Crippen molar-refractivity contribution in [3.63, 3.8) is 0 Å². The summed E-state index contributed by atoms with van der Waals surface area (Å²) >= 11 is 7.41. The lowest BCUT2D eigenvalue weighted by molar-refractivity contribution is -0.125. The summed E-state index contributed by atoms with van der Waals surface area (Å²) in [5, 5.41) is 4.95. The lowest BCUT2D eigenvalue weighted by Gasteiger charge is -2.38. The minimum absolute atomic E-state index is 0.0657. The zero-order valence-corrected chi connectivity index (χ0v) is 21.9. The highest BCUT2D eigenvalue weighted by atomic mass is 79.9. The van der Waals surface area contributed by atoms with E-state index in [2.05, 4.69) is 49.0 Å². The summed E-state index contributed by atoms with van der Waals surface area (Å²) in [6.07, 6.45) is 2.96. The molecule has 6 heteroatoms. The number of rotatable bonds is 1. The van der Waals surface area contributed by atoms with Gasteiger partial charge in [0.2, 0.25) is 5.91 Å². The van der Waals surface area contributed by atoms with Crippen molar-refractivity contribution >= 4 is 87.4 Å². The second-order valence-electron chi connectivity index (χ2n) is 9.55. The highest BCUT2D eigenvalue weighted by Crippen LogP contribution is 2.53. The number of aromatic nitrogens is 1. The molecule has 0 bridgehead atoms. The third-order valence-corrected chi connectivity index (χ3v) is 9.13. The monoisotopic (exact) mass is 586 g/mol. The van der Waals surface area contributed by atoms with Crippen molar-refractivity contribution in [1.29, 1.82) is 0 Å². The summed E-state index contributed by atoms with van der Waals surface area (Å²) in [6.45, 7) is 0. The van der Waals surface area contributed by atoms with E-state index in [1.165, 1.54) is 0 Å². The number of ketones is 1. The Balaban J connectivity index is 1.63. The van der Waals surface area contributed by atoms with Crippen LogP contribution in [0.15, 0.2) is 75.7 Å². The van der Waals surface area contributed by atoms with Crippen LogP contribution in [-0.2, 0) is 4.79 Å². The third kappa shape index (κ3) is 2.78. The quantitative estimate of drug-likeness (QED) is 0.200. The summed E-state index contributed by atoms with van der Waals surface area (Å²) in [4.78, 5) is 33.8. The molecule has 1 fully saturated rings. The maximum Gasteiger partial charge on any atom is 0.245 e. The number of benzene rings is 4. The number of nitrogens with one attached hydrogen (secondary N) is 1. The number of carbonyl (C=O) groups is 2. The molecule has 0 radical (unpaired) electrons. The molecule has 2 aliphatic rings. The molecule has 5 aromatic rings. The van der Waals surface area contributed by atoms with Gasteiger partial charge in [-0.1, -0.05) is 93.2 Å². The molecule has 1 spiro atoms. The zero-order valence-electron chi connectivity index (χ0n) is 18.7. The molecule has 0 unspecified atom stereocenters. The molecule has 4 aromatic carbocycles. The second kappa shape index (κ2) is 7.52. The number of nitrogens with zero attached hydrogens (tertiary/aromatic N) is 1. The SMILES string of the molecule is O=C1c2[nH]c3c(cc(Br)c4ccccc43)c2N(c2cccc3c(Br)cccc23)C(=O)C12CCCC2. The van der Waals surface area contributed by atoms with E-state index in [0.29, 0.717) is 24.2 Å². The van der Waals surface area contributed by atoms with Crippen molar-refractivity contribution in [2.45, 2.75) is 25.7 Å². The van der Waals surface area contributed by atoms with Crippen LogP contribution < -0.4 is 4.90 Å². The normalized spacial score (nSPS) is 17.3. The van der Waals surface area contributed by atoms with Gasteiger partial charge in [-0.15, -0.1) is 0 Å². The van der Waals surface area contributed by atoms with Crippen LogP contribution in [0.4, 0.5) is 11.4 Å². The van der Waals surface area contributed by atoms with Crippen LogP contribution in [0.25, 0.3) is 32.4 Å². The molecule has 1 aliphatic carbocycles. The van der Waals surface area contributed by atoms with E-state index >= 15 is 0 Å². The van der Waals surface area contributed by atoms with Crippen LogP contribution in [0.5, 0.6) is 0 Å². The number of hydrogen-bond donors (Lipinski definition) is 1. The van der Waals surface area contributed by atoms with Crippen LogP contribution in [0.3, 0.4) is 0 Å². The van der Waals surface area contributed by atoms with Crippen LogP contribution in [0.2, 0.25) is 0 Å². The largest absolute Gasteiger partial charge is 0.350 e. The Hall–Kier alpha value is -2.96. The topological polar surface area (TPSA) is 53.2 Å². The van der Waals surface area contributed by atoms with Gasteiger partial charge in [-0.25, -0.2) is 0 Å². The Morgan fingerprint density at radius 1 is 0.743 bits per heavy atom. The van der Waals surface area contributed by atoms with Crippen molar-refractivity contribution in [3.8, 4) is 0 Å². The molecular weight excluding hydrogens is 568 g/mol. The number of fused-ring (bicyclic) bond motifs is 6. The molecule has 1 N–H and O–H groups in total. The van der Waals surface area contributed by atoms with Crippen LogP contribution in [0, 0.1) is 5.41 Å². The molecule has 0 atom stereocenters. The van der Waals surface area contributed by atoms with Gasteiger partial charge in [0.25, 0.3) is 0 Å². The molecule has 35 heavy (non-hydrogen) atoms. The first kappa shape index (κ1) is 21.3. The van der Waals surface area contributed by atoms with Gasteiger partial charge < -0.3 is 4.98 Å². The molecule has 4 nitrogen and oxygen atoms in total. The molecule has 0 saturated heterocycles. The molecular formula is C29H20Br2N2O2. The van der Waals surface area contributed by atoms with E-state index in [9.17, 15) is 9.59 Å². The number of H-pyrrole nitrogens is 1. The maximum atomic E-state index is 14.4. The van der Waals surface area contributed by atoms with E-state index in [1.54, 1.807) is 0 Å². The number of aromatic amines is 1.